The Morgan fingerprint density at radius 1 is 0.947 bits per heavy atom. The fourth-order valence-electron chi connectivity index (χ4n) is 3.15. The Kier molecular flexibility index (Phi) is 4.31. The van der Waals surface area contributed by atoms with Crippen molar-refractivity contribution in [3.05, 3.63) is 42.0 Å². The maximum Gasteiger partial charge on any atom is 0.0805 e. The molecule has 1 fully saturated rings. The average molecular weight is 255 g/mol. The minimum Gasteiger partial charge on any atom is -0.287 e. The summed E-state index contributed by atoms with van der Waals surface area (Å²) in [6, 6.07) is 10.8. The van der Waals surface area contributed by atoms with Crippen LogP contribution in [0.4, 0.5) is 0 Å². The summed E-state index contributed by atoms with van der Waals surface area (Å²) in [6.45, 7) is 3.35. The molecular weight excluding hydrogens is 232 g/mol. The van der Waals surface area contributed by atoms with E-state index in [1.54, 1.807) is 0 Å². The van der Waals surface area contributed by atoms with E-state index in [1.165, 1.54) is 49.9 Å². The van der Waals surface area contributed by atoms with E-state index >= 15 is 0 Å². The molecule has 2 heteroatoms. The lowest BCUT2D eigenvalue weighted by Gasteiger charge is -2.33. The van der Waals surface area contributed by atoms with Crippen LogP contribution < -0.4 is 5.32 Å². The molecule has 1 radical (unpaired) electrons. The third kappa shape index (κ3) is 3.26. The zero-order valence-corrected chi connectivity index (χ0v) is 11.6. The molecule has 0 aromatic heterocycles. The molecule has 101 valence electrons. The zero-order valence-electron chi connectivity index (χ0n) is 11.6. The summed E-state index contributed by atoms with van der Waals surface area (Å²) >= 11 is 0. The first-order valence-corrected chi connectivity index (χ1v) is 7.58. The molecule has 19 heavy (non-hydrogen) atoms. The van der Waals surface area contributed by atoms with E-state index in [9.17, 15) is 0 Å². The quantitative estimate of drug-likeness (QED) is 0.792. The van der Waals surface area contributed by atoms with Crippen LogP contribution in [0.1, 0.15) is 37.7 Å². The number of hydrogen-bond acceptors (Lipinski definition) is 1. The highest BCUT2D eigenvalue weighted by atomic mass is 15.3. The van der Waals surface area contributed by atoms with Gasteiger partial charge in [0, 0.05) is 13.0 Å². The lowest BCUT2D eigenvalue weighted by atomic mass is 9.98. The Morgan fingerprint density at radius 2 is 1.68 bits per heavy atom. The zero-order chi connectivity index (χ0) is 12.9. The normalized spacial score (nSPS) is 25.7. The molecule has 0 aliphatic carbocycles. The fourth-order valence-corrected chi connectivity index (χ4v) is 3.15. The van der Waals surface area contributed by atoms with E-state index in [0.29, 0.717) is 6.17 Å². The first-order valence-electron chi connectivity index (χ1n) is 7.58. The van der Waals surface area contributed by atoms with Crippen molar-refractivity contribution < 1.29 is 0 Å². The van der Waals surface area contributed by atoms with Gasteiger partial charge in [0.05, 0.1) is 6.17 Å². The van der Waals surface area contributed by atoms with Crippen molar-refractivity contribution in [2.24, 2.45) is 0 Å². The molecular formula is C17H23N2. The molecule has 1 unspecified atom stereocenters. The van der Waals surface area contributed by atoms with Crippen LogP contribution in [0, 0.1) is 0 Å². The van der Waals surface area contributed by atoms with Gasteiger partial charge in [-0.05, 0) is 37.1 Å². The summed E-state index contributed by atoms with van der Waals surface area (Å²) in [7, 11) is 0. The summed E-state index contributed by atoms with van der Waals surface area (Å²) < 4.78 is 0. The van der Waals surface area contributed by atoms with Gasteiger partial charge in [-0.2, -0.15) is 0 Å². The summed E-state index contributed by atoms with van der Waals surface area (Å²) in [5, 5.41) is 4.82. The second-order valence-electron chi connectivity index (χ2n) is 5.60. The van der Waals surface area contributed by atoms with Gasteiger partial charge in [0.1, 0.15) is 0 Å². The molecule has 0 N–H and O–H groups in total. The summed E-state index contributed by atoms with van der Waals surface area (Å²) in [4.78, 5) is 2.60. The van der Waals surface area contributed by atoms with Crippen molar-refractivity contribution in [1.29, 1.82) is 0 Å². The number of benzene rings is 1. The van der Waals surface area contributed by atoms with Gasteiger partial charge in [0.2, 0.25) is 0 Å². The third-order valence-corrected chi connectivity index (χ3v) is 4.26. The van der Waals surface area contributed by atoms with Crippen molar-refractivity contribution in [3.63, 3.8) is 0 Å². The Labute approximate surface area is 116 Å². The molecule has 0 bridgehead atoms. The van der Waals surface area contributed by atoms with E-state index in [1.807, 2.05) is 0 Å². The fraction of sp³-hybridized carbons (Fsp3) is 0.529. The van der Waals surface area contributed by atoms with Gasteiger partial charge in [-0.3, -0.25) is 4.90 Å². The molecule has 2 aliphatic heterocycles. The van der Waals surface area contributed by atoms with Gasteiger partial charge in [-0.25, -0.2) is 5.32 Å². The summed E-state index contributed by atoms with van der Waals surface area (Å²) in [5.41, 5.74) is 2.85. The van der Waals surface area contributed by atoms with Gasteiger partial charge in [-0.15, -0.1) is 0 Å². The van der Waals surface area contributed by atoms with Crippen LogP contribution in [-0.2, 0) is 0 Å². The maximum atomic E-state index is 4.82. The topological polar surface area (TPSA) is 17.3 Å². The predicted molar refractivity (Wildman–Crippen MR) is 79.9 cm³/mol. The minimum absolute atomic E-state index is 0.415. The summed E-state index contributed by atoms with van der Waals surface area (Å²) in [6.07, 6.45) is 9.27. The maximum absolute atomic E-state index is 4.82. The van der Waals surface area contributed by atoms with E-state index < -0.39 is 0 Å². The van der Waals surface area contributed by atoms with Crippen molar-refractivity contribution in [2.75, 3.05) is 19.6 Å². The second kappa shape index (κ2) is 6.36. The van der Waals surface area contributed by atoms with Crippen LogP contribution in [-0.4, -0.2) is 30.7 Å². The first kappa shape index (κ1) is 12.9. The average Bonchev–Trinajstić information content (AvgIpc) is 2.77. The lowest BCUT2D eigenvalue weighted by molar-refractivity contribution is 0.171. The van der Waals surface area contributed by atoms with Crippen molar-refractivity contribution in [2.45, 2.75) is 38.3 Å². The highest BCUT2D eigenvalue weighted by Gasteiger charge is 2.23. The van der Waals surface area contributed by atoms with Gasteiger partial charge in [-0.1, -0.05) is 49.2 Å². The van der Waals surface area contributed by atoms with Gasteiger partial charge < -0.3 is 0 Å². The molecule has 2 nitrogen and oxygen atoms in total. The minimum atomic E-state index is 0.415. The first-order chi connectivity index (χ1) is 9.43. The number of hydrogen-bond donors (Lipinski definition) is 0. The van der Waals surface area contributed by atoms with Crippen molar-refractivity contribution in [1.82, 2.24) is 10.2 Å². The molecule has 0 spiro atoms. The van der Waals surface area contributed by atoms with E-state index in [4.69, 9.17) is 5.32 Å². The molecule has 1 aromatic rings. The molecule has 0 amide bonds. The molecule has 1 saturated heterocycles. The number of likely N-dealkylation sites (tertiary alicyclic amines) is 1. The summed E-state index contributed by atoms with van der Waals surface area (Å²) in [5.74, 6) is 0. The molecule has 2 heterocycles. The van der Waals surface area contributed by atoms with Crippen LogP contribution >= 0.6 is 0 Å². The van der Waals surface area contributed by atoms with Gasteiger partial charge in [0.15, 0.2) is 0 Å². The largest absolute Gasteiger partial charge is 0.287 e. The van der Waals surface area contributed by atoms with Crippen LogP contribution in [0.5, 0.6) is 0 Å². The molecule has 1 atom stereocenters. The van der Waals surface area contributed by atoms with Crippen LogP contribution in [0.3, 0.4) is 0 Å². The Hall–Kier alpha value is -1.12. The van der Waals surface area contributed by atoms with E-state index in [-0.39, 0.29) is 0 Å². The van der Waals surface area contributed by atoms with Gasteiger partial charge in [0.25, 0.3) is 0 Å². The number of nitrogens with zero attached hydrogens (tertiary/aromatic N) is 2. The molecule has 3 rings (SSSR count). The Balaban J connectivity index is 1.68. The van der Waals surface area contributed by atoms with Crippen molar-refractivity contribution in [3.8, 4) is 0 Å². The standard InChI is InChI=1S/C17H23N2/c1-2-7-13-19(12-6-1)17-14-16(10-11-18-17)15-8-4-3-5-9-15/h3-5,8-10,17H,1-2,6-7,11-14H2. The highest BCUT2D eigenvalue weighted by molar-refractivity contribution is 5.66. The van der Waals surface area contributed by atoms with E-state index in [0.717, 1.165) is 13.0 Å². The number of rotatable bonds is 2. The SMILES string of the molecule is C1=C(c2ccccc2)CC(N2CCCCCC2)[N]C1. The molecule has 0 saturated carbocycles. The predicted octanol–water partition coefficient (Wildman–Crippen LogP) is 3.28. The Bertz CT molecular complexity index is 416. The smallest absolute Gasteiger partial charge is 0.0805 e. The van der Waals surface area contributed by atoms with Crippen LogP contribution in [0.2, 0.25) is 0 Å². The Morgan fingerprint density at radius 3 is 2.42 bits per heavy atom. The molecule has 2 aliphatic rings. The van der Waals surface area contributed by atoms with E-state index in [2.05, 4.69) is 41.3 Å². The van der Waals surface area contributed by atoms with Crippen LogP contribution in [0.25, 0.3) is 5.57 Å². The lowest BCUT2D eigenvalue weighted by Crippen LogP contribution is -2.44. The second-order valence-corrected chi connectivity index (χ2v) is 5.60. The van der Waals surface area contributed by atoms with Crippen LogP contribution in [0.15, 0.2) is 36.4 Å². The molecule has 1 aromatic carbocycles. The third-order valence-electron chi connectivity index (χ3n) is 4.26. The highest BCUT2D eigenvalue weighted by Crippen LogP contribution is 2.25. The van der Waals surface area contributed by atoms with Gasteiger partial charge >= 0.3 is 0 Å². The van der Waals surface area contributed by atoms with Crippen molar-refractivity contribution >= 4 is 5.57 Å². The monoisotopic (exact) mass is 255 g/mol.